The van der Waals surface area contributed by atoms with Crippen molar-refractivity contribution in [3.8, 4) is 0 Å². The van der Waals surface area contributed by atoms with Crippen LogP contribution < -0.4 is 4.72 Å². The number of allylic oxidation sites excluding steroid dienone is 1. The van der Waals surface area contributed by atoms with Crippen LogP contribution in [0.3, 0.4) is 0 Å². The number of carbonyl (C=O) groups excluding carboxylic acids is 1. The highest BCUT2D eigenvalue weighted by Crippen LogP contribution is 2.22. The largest absolute Gasteiger partial charge is 0.270 e. The summed E-state index contributed by atoms with van der Waals surface area (Å²) in [4.78, 5) is 21.8. The van der Waals surface area contributed by atoms with Gasteiger partial charge in [-0.25, -0.2) is 17.5 Å². The summed E-state index contributed by atoms with van der Waals surface area (Å²) in [6, 6.07) is 8.69. The first-order valence-electron chi connectivity index (χ1n) is 7.36. The van der Waals surface area contributed by atoms with Crippen LogP contribution in [0.25, 0.3) is 5.57 Å². The van der Waals surface area contributed by atoms with E-state index in [1.54, 1.807) is 6.92 Å². The fraction of sp³-hybridized carbons (Fsp3) is 0.118. The van der Waals surface area contributed by atoms with E-state index in [0.717, 1.165) is 12.1 Å². The van der Waals surface area contributed by atoms with E-state index >= 15 is 0 Å². The Bertz CT molecular complexity index is 998. The van der Waals surface area contributed by atoms with Crippen LogP contribution >= 0.6 is 0 Å². The van der Waals surface area contributed by atoms with Gasteiger partial charge in [-0.2, -0.15) is 0 Å². The van der Waals surface area contributed by atoms with Crippen molar-refractivity contribution in [1.82, 2.24) is 4.72 Å². The first kappa shape index (κ1) is 19.3. The van der Waals surface area contributed by atoms with Crippen molar-refractivity contribution < 1.29 is 22.5 Å². The molecule has 0 unspecified atom stereocenters. The van der Waals surface area contributed by atoms with Gasteiger partial charge in [-0.05, 0) is 42.7 Å². The highest BCUT2D eigenvalue weighted by molar-refractivity contribution is 7.90. The molecule has 1 amide bonds. The molecular weight excluding hydrogens is 363 g/mol. The quantitative estimate of drug-likeness (QED) is 0.489. The first-order chi connectivity index (χ1) is 12.1. The number of rotatable bonds is 5. The number of non-ortho nitro benzene ring substituents is 1. The van der Waals surface area contributed by atoms with Crippen LogP contribution in [-0.2, 0) is 14.8 Å². The fourth-order valence-corrected chi connectivity index (χ4v) is 3.40. The molecule has 0 bridgehead atoms. The van der Waals surface area contributed by atoms with Crippen molar-refractivity contribution in [3.63, 3.8) is 0 Å². The Hall–Kier alpha value is -3.07. The van der Waals surface area contributed by atoms with Crippen LogP contribution in [0.1, 0.15) is 18.1 Å². The summed E-state index contributed by atoms with van der Waals surface area (Å²) in [5.41, 5.74) is 0.829. The van der Waals surface area contributed by atoms with E-state index in [1.165, 1.54) is 43.3 Å². The van der Waals surface area contributed by atoms with Gasteiger partial charge >= 0.3 is 0 Å². The summed E-state index contributed by atoms with van der Waals surface area (Å²) in [5, 5.41) is 10.8. The Morgan fingerprint density at radius 2 is 1.81 bits per heavy atom. The van der Waals surface area contributed by atoms with E-state index in [0.29, 0.717) is 11.1 Å². The Balaban J connectivity index is 2.27. The molecule has 0 spiro atoms. The SMILES string of the molecule is C/C(=C/C(=O)NS(=O)(=O)c1cc([N+](=O)[O-])ccc1C)c1ccc(F)cc1. The van der Waals surface area contributed by atoms with Crippen molar-refractivity contribution in [2.75, 3.05) is 0 Å². The summed E-state index contributed by atoms with van der Waals surface area (Å²) < 4.78 is 39.5. The van der Waals surface area contributed by atoms with E-state index in [-0.39, 0.29) is 10.5 Å². The molecular formula is C17H15FN2O5S. The van der Waals surface area contributed by atoms with E-state index < -0.39 is 32.4 Å². The zero-order valence-corrected chi connectivity index (χ0v) is 14.7. The number of hydrogen-bond donors (Lipinski definition) is 1. The molecule has 0 fully saturated rings. The van der Waals surface area contributed by atoms with Crippen molar-refractivity contribution in [1.29, 1.82) is 0 Å². The number of benzene rings is 2. The molecule has 26 heavy (non-hydrogen) atoms. The number of aryl methyl sites for hydroxylation is 1. The van der Waals surface area contributed by atoms with E-state index in [4.69, 9.17) is 0 Å². The highest BCUT2D eigenvalue weighted by Gasteiger charge is 2.22. The molecule has 0 aliphatic carbocycles. The van der Waals surface area contributed by atoms with Crippen LogP contribution in [0.4, 0.5) is 10.1 Å². The second-order valence-corrected chi connectivity index (χ2v) is 7.16. The predicted octanol–water partition coefficient (Wildman–Crippen LogP) is 2.95. The molecule has 9 heteroatoms. The van der Waals surface area contributed by atoms with E-state index in [9.17, 15) is 27.7 Å². The van der Waals surface area contributed by atoms with Gasteiger partial charge in [-0.1, -0.05) is 18.2 Å². The lowest BCUT2D eigenvalue weighted by molar-refractivity contribution is -0.385. The monoisotopic (exact) mass is 378 g/mol. The summed E-state index contributed by atoms with van der Waals surface area (Å²) in [7, 11) is -4.29. The van der Waals surface area contributed by atoms with Crippen LogP contribution in [-0.4, -0.2) is 19.2 Å². The van der Waals surface area contributed by atoms with Gasteiger partial charge in [0.15, 0.2) is 0 Å². The van der Waals surface area contributed by atoms with Gasteiger partial charge in [0.25, 0.3) is 21.6 Å². The minimum atomic E-state index is -4.29. The number of nitrogens with zero attached hydrogens (tertiary/aromatic N) is 1. The molecule has 0 saturated heterocycles. The Morgan fingerprint density at radius 1 is 1.19 bits per heavy atom. The molecule has 7 nitrogen and oxygen atoms in total. The summed E-state index contributed by atoms with van der Waals surface area (Å²) in [6.45, 7) is 3.03. The lowest BCUT2D eigenvalue weighted by Gasteiger charge is -2.08. The van der Waals surface area contributed by atoms with Crippen molar-refractivity contribution >= 4 is 27.2 Å². The smallest absolute Gasteiger partial charge is 0.269 e. The fourth-order valence-electron chi connectivity index (χ4n) is 2.20. The minimum absolute atomic E-state index is 0.259. The summed E-state index contributed by atoms with van der Waals surface area (Å²) >= 11 is 0. The first-order valence-corrected chi connectivity index (χ1v) is 8.84. The third-order valence-corrected chi connectivity index (χ3v) is 5.04. The van der Waals surface area contributed by atoms with Crippen LogP contribution in [0.15, 0.2) is 53.4 Å². The molecule has 0 atom stereocenters. The number of carbonyl (C=O) groups is 1. The lowest BCUT2D eigenvalue weighted by Crippen LogP contribution is -2.29. The highest BCUT2D eigenvalue weighted by atomic mass is 32.2. The number of nitrogens with one attached hydrogen (secondary N) is 1. The maximum absolute atomic E-state index is 12.9. The molecule has 2 aromatic carbocycles. The average molecular weight is 378 g/mol. The van der Waals surface area contributed by atoms with Gasteiger partial charge in [0.2, 0.25) is 0 Å². The number of halogens is 1. The topological polar surface area (TPSA) is 106 Å². The molecule has 1 N–H and O–H groups in total. The maximum Gasteiger partial charge on any atom is 0.270 e. The molecule has 0 aliphatic rings. The van der Waals surface area contributed by atoms with E-state index in [1.807, 2.05) is 4.72 Å². The van der Waals surface area contributed by atoms with Crippen LogP contribution in [0.2, 0.25) is 0 Å². The number of nitro groups is 1. The normalized spacial score (nSPS) is 11.9. The Labute approximate surface area is 149 Å². The minimum Gasteiger partial charge on any atom is -0.269 e. The Kier molecular flexibility index (Phi) is 5.51. The number of amides is 1. The van der Waals surface area contributed by atoms with Crippen molar-refractivity contribution in [3.05, 3.63) is 75.6 Å². The van der Waals surface area contributed by atoms with Crippen molar-refractivity contribution in [2.45, 2.75) is 18.7 Å². The van der Waals surface area contributed by atoms with Gasteiger partial charge < -0.3 is 0 Å². The third-order valence-electron chi connectivity index (χ3n) is 3.55. The predicted molar refractivity (Wildman–Crippen MR) is 93.2 cm³/mol. The molecule has 0 radical (unpaired) electrons. The van der Waals surface area contributed by atoms with Crippen LogP contribution in [0.5, 0.6) is 0 Å². The number of nitro benzene ring substituents is 1. The van der Waals surface area contributed by atoms with Gasteiger partial charge in [-0.3, -0.25) is 14.9 Å². The second kappa shape index (κ2) is 7.44. The molecule has 2 rings (SSSR count). The maximum atomic E-state index is 12.9. The molecule has 136 valence electrons. The third kappa shape index (κ3) is 4.51. The van der Waals surface area contributed by atoms with Gasteiger partial charge in [0, 0.05) is 18.2 Å². The second-order valence-electron chi connectivity index (χ2n) is 5.51. The summed E-state index contributed by atoms with van der Waals surface area (Å²) in [5.74, 6) is -1.35. The van der Waals surface area contributed by atoms with Gasteiger partial charge in [-0.15, -0.1) is 0 Å². The molecule has 2 aromatic rings. The number of sulfonamides is 1. The summed E-state index contributed by atoms with van der Waals surface area (Å²) in [6.07, 6.45) is 1.05. The average Bonchev–Trinajstić information content (AvgIpc) is 2.54. The van der Waals surface area contributed by atoms with E-state index in [2.05, 4.69) is 0 Å². The Morgan fingerprint density at radius 3 is 2.38 bits per heavy atom. The molecule has 0 aliphatic heterocycles. The number of hydrogen-bond acceptors (Lipinski definition) is 5. The molecule has 0 saturated carbocycles. The zero-order chi connectivity index (χ0) is 19.5. The lowest BCUT2D eigenvalue weighted by atomic mass is 10.1. The van der Waals surface area contributed by atoms with Gasteiger partial charge in [0.05, 0.1) is 9.82 Å². The standard InChI is InChI=1S/C17H15FN2O5S/c1-11-3-8-15(20(22)23)10-16(11)26(24,25)19-17(21)9-12(2)13-4-6-14(18)7-5-13/h3-10H,1-2H3,(H,19,21)/b12-9-. The van der Waals surface area contributed by atoms with Gasteiger partial charge in [0.1, 0.15) is 5.82 Å². The van der Waals surface area contributed by atoms with Crippen molar-refractivity contribution in [2.24, 2.45) is 0 Å². The van der Waals surface area contributed by atoms with Crippen LogP contribution in [0, 0.1) is 22.9 Å². The molecule has 0 aromatic heterocycles. The molecule has 0 heterocycles. The zero-order valence-electron chi connectivity index (χ0n) is 13.9.